The Labute approximate surface area is 96.8 Å². The third-order valence-corrected chi connectivity index (χ3v) is 3.40. The molecule has 1 rings (SSSR count). The second kappa shape index (κ2) is 4.37. The molecule has 5 nitrogen and oxygen atoms in total. The van der Waals surface area contributed by atoms with Crippen LogP contribution in [0.2, 0.25) is 0 Å². The molecule has 1 aromatic rings. The molecular weight excluding hydrogens is 283 g/mol. The molecule has 0 amide bonds. The molecule has 0 aliphatic heterocycles. The summed E-state index contributed by atoms with van der Waals surface area (Å²) in [6, 6.07) is 1.44. The molecule has 0 fully saturated rings. The highest BCUT2D eigenvalue weighted by atomic mass is 32.2. The summed E-state index contributed by atoms with van der Waals surface area (Å²) in [7, 11) is -4.23. The lowest BCUT2D eigenvalue weighted by Gasteiger charge is -2.11. The molecule has 3 N–H and O–H groups in total. The van der Waals surface area contributed by atoms with Crippen molar-refractivity contribution >= 4 is 21.1 Å². The van der Waals surface area contributed by atoms with Gasteiger partial charge in [0, 0.05) is 0 Å². The van der Waals surface area contributed by atoms with Crippen LogP contribution in [0.4, 0.5) is 13.2 Å². The van der Waals surface area contributed by atoms with Gasteiger partial charge in [-0.05, 0) is 18.2 Å². The summed E-state index contributed by atoms with van der Waals surface area (Å²) in [6.07, 6.45) is -4.86. The molecule has 10 heteroatoms. The SMILES string of the molecule is NS(=O)(=O)c1ccc(C(F)(F)F)c(S(=O)O)c1. The largest absolute Gasteiger partial charge is 0.417 e. The van der Waals surface area contributed by atoms with Crippen LogP contribution in [0.3, 0.4) is 0 Å². The van der Waals surface area contributed by atoms with E-state index in [4.69, 9.17) is 9.69 Å². The molecular formula is C7H6F3NO4S2. The van der Waals surface area contributed by atoms with E-state index < -0.39 is 42.6 Å². The Hall–Kier alpha value is -0.970. The number of rotatable bonds is 2. The van der Waals surface area contributed by atoms with Crippen molar-refractivity contribution in [2.75, 3.05) is 0 Å². The van der Waals surface area contributed by atoms with Crippen molar-refractivity contribution in [3.8, 4) is 0 Å². The number of hydrogen-bond donors (Lipinski definition) is 2. The van der Waals surface area contributed by atoms with Crippen LogP contribution in [0.25, 0.3) is 0 Å². The maximum absolute atomic E-state index is 12.4. The van der Waals surface area contributed by atoms with Crippen LogP contribution in [0.5, 0.6) is 0 Å². The first kappa shape index (κ1) is 14.1. The normalized spacial score (nSPS) is 14.6. The minimum absolute atomic E-state index is 0.392. The fraction of sp³-hybridized carbons (Fsp3) is 0.143. The van der Waals surface area contributed by atoms with Gasteiger partial charge in [-0.3, -0.25) is 0 Å². The van der Waals surface area contributed by atoms with Crippen LogP contribution < -0.4 is 5.14 Å². The van der Waals surface area contributed by atoms with E-state index in [2.05, 4.69) is 0 Å². The van der Waals surface area contributed by atoms with Gasteiger partial charge in [-0.25, -0.2) is 17.8 Å². The minimum Gasteiger partial charge on any atom is -0.302 e. The van der Waals surface area contributed by atoms with E-state index in [0.29, 0.717) is 18.2 Å². The second-order valence-corrected chi connectivity index (χ2v) is 5.45. The van der Waals surface area contributed by atoms with Crippen LogP contribution in [0, 0.1) is 0 Å². The first-order valence-electron chi connectivity index (χ1n) is 3.88. The third kappa shape index (κ3) is 3.25. The van der Waals surface area contributed by atoms with E-state index in [1.165, 1.54) is 0 Å². The van der Waals surface area contributed by atoms with E-state index in [0.717, 1.165) is 0 Å². The van der Waals surface area contributed by atoms with Crippen molar-refractivity contribution in [2.45, 2.75) is 16.0 Å². The molecule has 96 valence electrons. The van der Waals surface area contributed by atoms with Crippen molar-refractivity contribution in [2.24, 2.45) is 5.14 Å². The second-order valence-electron chi connectivity index (χ2n) is 2.95. The van der Waals surface area contributed by atoms with E-state index in [9.17, 15) is 25.8 Å². The molecule has 0 aromatic heterocycles. The number of halogens is 3. The van der Waals surface area contributed by atoms with Crippen LogP contribution in [-0.2, 0) is 27.3 Å². The fourth-order valence-electron chi connectivity index (χ4n) is 1.06. The molecule has 0 spiro atoms. The zero-order valence-electron chi connectivity index (χ0n) is 7.93. The Kier molecular flexibility index (Phi) is 3.62. The number of sulfonamides is 1. The van der Waals surface area contributed by atoms with Gasteiger partial charge in [0.05, 0.1) is 15.4 Å². The lowest BCUT2D eigenvalue weighted by Crippen LogP contribution is -2.15. The average molecular weight is 289 g/mol. The first-order valence-corrected chi connectivity index (χ1v) is 6.53. The Balaban J connectivity index is 3.54. The van der Waals surface area contributed by atoms with Crippen LogP contribution in [-0.4, -0.2) is 17.2 Å². The molecule has 0 heterocycles. The predicted octanol–water partition coefficient (Wildman–Crippen LogP) is 0.933. The topological polar surface area (TPSA) is 97.5 Å². The molecule has 1 aromatic carbocycles. The van der Waals surface area contributed by atoms with E-state index in [-0.39, 0.29) is 0 Å². The highest BCUT2D eigenvalue weighted by Gasteiger charge is 2.35. The highest BCUT2D eigenvalue weighted by molar-refractivity contribution is 7.89. The summed E-state index contributed by atoms with van der Waals surface area (Å²) in [5.74, 6) is 0. The average Bonchev–Trinajstić information content (AvgIpc) is 2.14. The molecule has 0 radical (unpaired) electrons. The van der Waals surface area contributed by atoms with Gasteiger partial charge in [0.15, 0.2) is 11.1 Å². The number of benzene rings is 1. The molecule has 0 saturated heterocycles. The summed E-state index contributed by atoms with van der Waals surface area (Å²) in [5.41, 5.74) is -1.38. The molecule has 0 bridgehead atoms. The van der Waals surface area contributed by atoms with Gasteiger partial charge in [0.1, 0.15) is 0 Å². The first-order chi connectivity index (χ1) is 7.53. The molecule has 0 aliphatic rings. The Morgan fingerprint density at radius 2 is 1.82 bits per heavy atom. The van der Waals surface area contributed by atoms with Gasteiger partial charge in [-0.2, -0.15) is 13.2 Å². The summed E-state index contributed by atoms with van der Waals surface area (Å²) in [5, 5.41) is 4.70. The van der Waals surface area contributed by atoms with Crippen molar-refractivity contribution in [1.29, 1.82) is 0 Å². The lowest BCUT2D eigenvalue weighted by molar-refractivity contribution is -0.139. The van der Waals surface area contributed by atoms with E-state index in [1.807, 2.05) is 0 Å². The van der Waals surface area contributed by atoms with Crippen molar-refractivity contribution in [3.63, 3.8) is 0 Å². The maximum atomic E-state index is 12.4. The van der Waals surface area contributed by atoms with Gasteiger partial charge >= 0.3 is 6.18 Å². The number of primary sulfonamides is 1. The van der Waals surface area contributed by atoms with Gasteiger partial charge < -0.3 is 4.55 Å². The lowest BCUT2D eigenvalue weighted by atomic mass is 10.2. The standard InChI is InChI=1S/C7H6F3NO4S2/c8-7(9,10)5-2-1-4(17(11,14)15)3-6(5)16(12)13/h1-3H,(H,12,13)(H2,11,14,15). The molecule has 1 unspecified atom stereocenters. The number of nitrogens with two attached hydrogens (primary N) is 1. The highest BCUT2D eigenvalue weighted by Crippen LogP contribution is 2.34. The zero-order chi connectivity index (χ0) is 13.4. The van der Waals surface area contributed by atoms with Gasteiger partial charge in [0.2, 0.25) is 10.0 Å². The van der Waals surface area contributed by atoms with E-state index >= 15 is 0 Å². The van der Waals surface area contributed by atoms with Crippen LogP contribution in [0.1, 0.15) is 5.56 Å². The number of hydrogen-bond acceptors (Lipinski definition) is 3. The van der Waals surface area contributed by atoms with Crippen molar-refractivity contribution in [1.82, 2.24) is 0 Å². The summed E-state index contributed by atoms with van der Waals surface area (Å²) in [4.78, 5) is -1.72. The predicted molar refractivity (Wildman–Crippen MR) is 51.9 cm³/mol. The summed E-state index contributed by atoms with van der Waals surface area (Å²) in [6.45, 7) is 0. The Morgan fingerprint density at radius 1 is 1.29 bits per heavy atom. The molecule has 0 saturated carbocycles. The quantitative estimate of drug-likeness (QED) is 0.791. The van der Waals surface area contributed by atoms with Gasteiger partial charge in [-0.1, -0.05) is 0 Å². The van der Waals surface area contributed by atoms with Gasteiger partial charge in [-0.15, -0.1) is 0 Å². The minimum atomic E-state index is -4.86. The third-order valence-electron chi connectivity index (χ3n) is 1.78. The van der Waals surface area contributed by atoms with E-state index in [1.54, 1.807) is 0 Å². The van der Waals surface area contributed by atoms with Crippen molar-refractivity contribution < 1.29 is 30.4 Å². The summed E-state index contributed by atoms with van der Waals surface area (Å²) < 4.78 is 78.4. The molecule has 1 atom stereocenters. The Bertz CT molecular complexity index is 567. The summed E-state index contributed by atoms with van der Waals surface area (Å²) >= 11 is -2.97. The van der Waals surface area contributed by atoms with Crippen LogP contribution >= 0.6 is 0 Å². The smallest absolute Gasteiger partial charge is 0.302 e. The maximum Gasteiger partial charge on any atom is 0.417 e. The monoisotopic (exact) mass is 289 g/mol. The van der Waals surface area contributed by atoms with Gasteiger partial charge in [0.25, 0.3) is 0 Å². The van der Waals surface area contributed by atoms with Crippen molar-refractivity contribution in [3.05, 3.63) is 23.8 Å². The zero-order valence-corrected chi connectivity index (χ0v) is 9.56. The molecule has 17 heavy (non-hydrogen) atoms. The number of alkyl halides is 3. The molecule has 0 aliphatic carbocycles. The Morgan fingerprint density at radius 3 is 2.18 bits per heavy atom. The van der Waals surface area contributed by atoms with Crippen LogP contribution in [0.15, 0.2) is 28.0 Å². The fourth-order valence-corrected chi connectivity index (χ4v) is 2.27.